The van der Waals surface area contributed by atoms with E-state index in [9.17, 15) is 4.79 Å². The Morgan fingerprint density at radius 1 is 1.14 bits per heavy atom. The molecule has 0 saturated carbocycles. The average Bonchev–Trinajstić information content (AvgIpc) is 3.19. The predicted molar refractivity (Wildman–Crippen MR) is 105 cm³/mol. The largest absolute Gasteiger partial charge is 0.488 e. The fourth-order valence-corrected chi connectivity index (χ4v) is 2.53. The van der Waals surface area contributed by atoms with Crippen molar-refractivity contribution >= 4 is 5.91 Å². The van der Waals surface area contributed by atoms with Crippen molar-refractivity contribution in [1.82, 2.24) is 15.5 Å². The van der Waals surface area contributed by atoms with Crippen LogP contribution in [0.15, 0.2) is 59.1 Å². The number of hydrogen-bond donors (Lipinski definition) is 2. The van der Waals surface area contributed by atoms with E-state index < -0.39 is 6.04 Å². The van der Waals surface area contributed by atoms with Crippen molar-refractivity contribution < 1.29 is 14.1 Å². The number of para-hydroxylation sites is 1. The Morgan fingerprint density at radius 3 is 2.61 bits per heavy atom. The molecule has 0 unspecified atom stereocenters. The molecule has 7 nitrogen and oxygen atoms in total. The lowest BCUT2D eigenvalue weighted by molar-refractivity contribution is -0.123. The third kappa shape index (κ3) is 4.95. The molecule has 2 aromatic carbocycles. The standard InChI is InChI=1S/C21H24N4O3/c1-14(2)19(22)21(26)23-12-18-24-20(25-28-18)16-10-6-7-11-17(16)27-13-15-8-4-3-5-9-15/h3-11,14,19H,12-13,22H2,1-2H3,(H,23,26)/t19-/m0/s1. The smallest absolute Gasteiger partial charge is 0.246 e. The van der Waals surface area contributed by atoms with Gasteiger partial charge < -0.3 is 20.3 Å². The Bertz CT molecular complexity index is 909. The second-order valence-corrected chi connectivity index (χ2v) is 6.77. The number of benzene rings is 2. The molecule has 3 aromatic rings. The number of rotatable bonds is 8. The maximum atomic E-state index is 12.0. The summed E-state index contributed by atoms with van der Waals surface area (Å²) in [7, 11) is 0. The number of nitrogens with two attached hydrogens (primary N) is 1. The van der Waals surface area contributed by atoms with Gasteiger partial charge in [0, 0.05) is 0 Å². The number of ether oxygens (including phenoxy) is 1. The number of carbonyl (C=O) groups excluding carboxylic acids is 1. The molecule has 0 saturated heterocycles. The third-order valence-corrected chi connectivity index (χ3v) is 4.27. The van der Waals surface area contributed by atoms with Crippen LogP contribution in [0.1, 0.15) is 25.3 Å². The van der Waals surface area contributed by atoms with Gasteiger partial charge in [0.05, 0.1) is 18.2 Å². The second-order valence-electron chi connectivity index (χ2n) is 6.77. The quantitative estimate of drug-likeness (QED) is 0.623. The monoisotopic (exact) mass is 380 g/mol. The van der Waals surface area contributed by atoms with Gasteiger partial charge in [-0.15, -0.1) is 0 Å². The Morgan fingerprint density at radius 2 is 1.86 bits per heavy atom. The first-order valence-corrected chi connectivity index (χ1v) is 9.16. The van der Waals surface area contributed by atoms with Crippen LogP contribution >= 0.6 is 0 Å². The lowest BCUT2D eigenvalue weighted by Crippen LogP contribution is -2.43. The van der Waals surface area contributed by atoms with E-state index in [2.05, 4.69) is 15.5 Å². The highest BCUT2D eigenvalue weighted by atomic mass is 16.5. The van der Waals surface area contributed by atoms with Gasteiger partial charge in [0.2, 0.25) is 17.6 Å². The molecule has 146 valence electrons. The minimum atomic E-state index is -0.575. The molecule has 0 aliphatic rings. The third-order valence-electron chi connectivity index (χ3n) is 4.27. The summed E-state index contributed by atoms with van der Waals surface area (Å²) in [5.74, 6) is 1.16. The number of carbonyl (C=O) groups is 1. The van der Waals surface area contributed by atoms with Crippen LogP contribution in [0.2, 0.25) is 0 Å². The molecule has 1 aromatic heterocycles. The van der Waals surface area contributed by atoms with Crippen LogP contribution in [0.25, 0.3) is 11.4 Å². The molecule has 0 bridgehead atoms. The molecule has 0 aliphatic heterocycles. The number of nitrogens with one attached hydrogen (secondary N) is 1. The van der Waals surface area contributed by atoms with Crippen molar-refractivity contribution in [1.29, 1.82) is 0 Å². The molecule has 3 N–H and O–H groups in total. The highest BCUT2D eigenvalue weighted by molar-refractivity contribution is 5.81. The molecule has 0 aliphatic carbocycles. The Kier molecular flexibility index (Phi) is 6.39. The van der Waals surface area contributed by atoms with Crippen LogP contribution in [0, 0.1) is 5.92 Å². The molecule has 1 atom stereocenters. The van der Waals surface area contributed by atoms with Crippen molar-refractivity contribution in [2.75, 3.05) is 0 Å². The lowest BCUT2D eigenvalue weighted by Gasteiger charge is -2.14. The minimum Gasteiger partial charge on any atom is -0.488 e. The van der Waals surface area contributed by atoms with Crippen molar-refractivity contribution in [3.8, 4) is 17.1 Å². The van der Waals surface area contributed by atoms with E-state index in [-0.39, 0.29) is 18.4 Å². The van der Waals surface area contributed by atoms with Crippen LogP contribution in [0.5, 0.6) is 5.75 Å². The first-order valence-electron chi connectivity index (χ1n) is 9.16. The lowest BCUT2D eigenvalue weighted by atomic mass is 10.1. The first-order chi connectivity index (χ1) is 13.5. The van der Waals surface area contributed by atoms with Gasteiger partial charge in [-0.25, -0.2) is 0 Å². The first kappa shape index (κ1) is 19.6. The SMILES string of the molecule is CC(C)[C@H](N)C(=O)NCc1nc(-c2ccccc2OCc2ccccc2)no1. The van der Waals surface area contributed by atoms with E-state index in [1.807, 2.05) is 68.4 Å². The maximum Gasteiger partial charge on any atom is 0.246 e. The topological polar surface area (TPSA) is 103 Å². The van der Waals surface area contributed by atoms with E-state index >= 15 is 0 Å². The Labute approximate surface area is 163 Å². The predicted octanol–water partition coefficient (Wildman–Crippen LogP) is 2.92. The Balaban J connectivity index is 1.67. The summed E-state index contributed by atoms with van der Waals surface area (Å²) >= 11 is 0. The van der Waals surface area contributed by atoms with Gasteiger partial charge in [-0.3, -0.25) is 4.79 Å². The normalized spacial score (nSPS) is 12.0. The number of aromatic nitrogens is 2. The summed E-state index contributed by atoms with van der Waals surface area (Å²) in [6.45, 7) is 4.34. The fourth-order valence-electron chi connectivity index (χ4n) is 2.53. The molecule has 1 heterocycles. The molecule has 7 heteroatoms. The van der Waals surface area contributed by atoms with Gasteiger partial charge >= 0.3 is 0 Å². The van der Waals surface area contributed by atoms with Gasteiger partial charge in [-0.05, 0) is 23.6 Å². The summed E-state index contributed by atoms with van der Waals surface area (Å²) in [6.07, 6.45) is 0. The van der Waals surface area contributed by atoms with E-state index in [4.69, 9.17) is 15.0 Å². The molecule has 3 rings (SSSR count). The van der Waals surface area contributed by atoms with Crippen molar-refractivity contribution in [3.63, 3.8) is 0 Å². The fraction of sp³-hybridized carbons (Fsp3) is 0.286. The van der Waals surface area contributed by atoms with Gasteiger partial charge in [-0.1, -0.05) is 61.5 Å². The van der Waals surface area contributed by atoms with E-state index in [0.717, 1.165) is 11.1 Å². The average molecular weight is 380 g/mol. The zero-order chi connectivity index (χ0) is 19.9. The van der Waals surface area contributed by atoms with E-state index in [0.29, 0.717) is 24.1 Å². The summed E-state index contributed by atoms with van der Waals surface area (Å²) in [5.41, 5.74) is 7.61. The zero-order valence-electron chi connectivity index (χ0n) is 16.0. The van der Waals surface area contributed by atoms with Gasteiger partial charge in [0.25, 0.3) is 0 Å². The maximum absolute atomic E-state index is 12.0. The van der Waals surface area contributed by atoms with E-state index in [1.54, 1.807) is 0 Å². The van der Waals surface area contributed by atoms with Crippen molar-refractivity contribution in [2.45, 2.75) is 33.0 Å². The molecule has 0 spiro atoms. The number of hydrogen-bond acceptors (Lipinski definition) is 6. The molecular weight excluding hydrogens is 356 g/mol. The van der Waals surface area contributed by atoms with Gasteiger partial charge in [-0.2, -0.15) is 4.98 Å². The zero-order valence-corrected chi connectivity index (χ0v) is 16.0. The van der Waals surface area contributed by atoms with Crippen LogP contribution in [-0.2, 0) is 17.9 Å². The summed E-state index contributed by atoms with van der Waals surface area (Å²) in [4.78, 5) is 16.3. The molecule has 1 amide bonds. The summed E-state index contributed by atoms with van der Waals surface area (Å²) in [6, 6.07) is 16.8. The number of amides is 1. The highest BCUT2D eigenvalue weighted by Gasteiger charge is 2.18. The van der Waals surface area contributed by atoms with Gasteiger partial charge in [0.1, 0.15) is 12.4 Å². The molecule has 0 radical (unpaired) electrons. The molecular formula is C21H24N4O3. The molecule has 0 fully saturated rings. The van der Waals surface area contributed by atoms with Crippen molar-refractivity contribution in [2.24, 2.45) is 11.7 Å². The van der Waals surface area contributed by atoms with Gasteiger partial charge in [0.15, 0.2) is 0 Å². The van der Waals surface area contributed by atoms with Crippen LogP contribution in [-0.4, -0.2) is 22.1 Å². The highest BCUT2D eigenvalue weighted by Crippen LogP contribution is 2.28. The number of nitrogens with zero attached hydrogens (tertiary/aromatic N) is 2. The van der Waals surface area contributed by atoms with Crippen LogP contribution in [0.4, 0.5) is 0 Å². The second kappa shape index (κ2) is 9.14. The summed E-state index contributed by atoms with van der Waals surface area (Å²) in [5, 5.41) is 6.73. The Hall–Kier alpha value is -3.19. The minimum absolute atomic E-state index is 0.0480. The van der Waals surface area contributed by atoms with Crippen LogP contribution < -0.4 is 15.8 Å². The van der Waals surface area contributed by atoms with Crippen LogP contribution in [0.3, 0.4) is 0 Å². The van der Waals surface area contributed by atoms with Crippen molar-refractivity contribution in [3.05, 3.63) is 66.1 Å². The summed E-state index contributed by atoms with van der Waals surface area (Å²) < 4.78 is 11.2. The van der Waals surface area contributed by atoms with E-state index in [1.165, 1.54) is 0 Å². The molecule has 28 heavy (non-hydrogen) atoms.